The van der Waals surface area contributed by atoms with Gasteiger partial charge in [-0.15, -0.1) is 0 Å². The molecule has 80 valence electrons. The van der Waals surface area contributed by atoms with Gasteiger partial charge in [-0.05, 0) is 6.92 Å². The minimum absolute atomic E-state index is 0.250. The summed E-state index contributed by atoms with van der Waals surface area (Å²) in [5.74, 6) is 0. The molecule has 1 saturated heterocycles. The molecule has 1 rings (SSSR count). The monoisotopic (exact) mass is 211 g/mol. The first-order valence-corrected chi connectivity index (χ1v) is 5.62. The third-order valence-electron chi connectivity index (χ3n) is 1.44. The van der Waals surface area contributed by atoms with Gasteiger partial charge in [-0.3, -0.25) is 0 Å². The van der Waals surface area contributed by atoms with E-state index in [0.29, 0.717) is 26.2 Å². The first-order valence-electron chi connectivity index (χ1n) is 4.11. The van der Waals surface area contributed by atoms with Crippen LogP contribution in [0.5, 0.6) is 0 Å². The van der Waals surface area contributed by atoms with Crippen molar-refractivity contribution in [3.63, 3.8) is 0 Å². The molecule has 13 heavy (non-hydrogen) atoms. The number of hydrogen-bond donors (Lipinski definition) is 3. The highest BCUT2D eigenvalue weighted by molar-refractivity contribution is 7.86. The number of nitrogens with two attached hydrogens (primary N) is 1. The Morgan fingerprint density at radius 3 is 2.08 bits per heavy atom. The van der Waals surface area contributed by atoms with Gasteiger partial charge in [-0.25, -0.2) is 5.14 Å². The molecular weight excluding hydrogens is 194 g/mol. The maximum atomic E-state index is 10.7. The van der Waals surface area contributed by atoms with E-state index in [9.17, 15) is 8.42 Å². The van der Waals surface area contributed by atoms with E-state index in [1.165, 1.54) is 4.31 Å². The fraction of sp³-hybridized carbons (Fsp3) is 1.00. The van der Waals surface area contributed by atoms with Crippen molar-refractivity contribution in [3.05, 3.63) is 0 Å². The van der Waals surface area contributed by atoms with Crippen LogP contribution in [0.2, 0.25) is 0 Å². The molecule has 0 amide bonds. The highest BCUT2D eigenvalue weighted by Crippen LogP contribution is 1.95. The van der Waals surface area contributed by atoms with Crippen molar-refractivity contribution in [2.45, 2.75) is 6.92 Å². The van der Waals surface area contributed by atoms with Crippen LogP contribution >= 0.6 is 0 Å². The van der Waals surface area contributed by atoms with Crippen LogP contribution in [-0.2, 0) is 10.2 Å². The van der Waals surface area contributed by atoms with E-state index in [4.69, 9.17) is 10.2 Å². The Morgan fingerprint density at radius 2 is 1.85 bits per heavy atom. The number of nitrogens with one attached hydrogen (secondary N) is 1. The Bertz CT molecular complexity index is 211. The van der Waals surface area contributed by atoms with Gasteiger partial charge in [0.2, 0.25) is 0 Å². The molecule has 0 bridgehead atoms. The molecular formula is C6H17N3O3S. The highest BCUT2D eigenvalue weighted by atomic mass is 32.2. The summed E-state index contributed by atoms with van der Waals surface area (Å²) in [5, 5.41) is 15.5. The Balaban J connectivity index is 0.000000424. The predicted molar refractivity (Wildman–Crippen MR) is 50.3 cm³/mol. The molecule has 0 aromatic heterocycles. The minimum atomic E-state index is -3.43. The number of rotatable bonds is 1. The summed E-state index contributed by atoms with van der Waals surface area (Å²) in [6, 6.07) is 0. The van der Waals surface area contributed by atoms with Crippen molar-refractivity contribution in [2.24, 2.45) is 5.14 Å². The van der Waals surface area contributed by atoms with Crippen LogP contribution in [0.3, 0.4) is 0 Å². The molecule has 0 radical (unpaired) electrons. The summed E-state index contributed by atoms with van der Waals surface area (Å²) in [4.78, 5) is 0. The van der Waals surface area contributed by atoms with Crippen molar-refractivity contribution in [1.82, 2.24) is 9.62 Å². The largest absolute Gasteiger partial charge is 0.397 e. The van der Waals surface area contributed by atoms with Gasteiger partial charge in [0, 0.05) is 32.8 Å². The molecule has 1 aliphatic rings. The minimum Gasteiger partial charge on any atom is -0.397 e. The first kappa shape index (κ1) is 12.8. The summed E-state index contributed by atoms with van der Waals surface area (Å²) in [6.07, 6.45) is 0. The molecule has 4 N–H and O–H groups in total. The van der Waals surface area contributed by atoms with E-state index in [2.05, 4.69) is 5.32 Å². The zero-order valence-corrected chi connectivity index (χ0v) is 8.55. The van der Waals surface area contributed by atoms with Crippen molar-refractivity contribution < 1.29 is 13.5 Å². The van der Waals surface area contributed by atoms with E-state index < -0.39 is 10.2 Å². The third kappa shape index (κ3) is 5.94. The summed E-state index contributed by atoms with van der Waals surface area (Å²) in [5.41, 5.74) is 0. The Kier molecular flexibility index (Phi) is 6.17. The predicted octanol–water partition coefficient (Wildman–Crippen LogP) is -1.91. The normalized spacial score (nSPS) is 19.0. The lowest BCUT2D eigenvalue weighted by molar-refractivity contribution is 0.318. The fourth-order valence-electron chi connectivity index (χ4n) is 0.899. The first-order chi connectivity index (χ1) is 6.02. The molecule has 0 atom stereocenters. The van der Waals surface area contributed by atoms with E-state index >= 15 is 0 Å². The van der Waals surface area contributed by atoms with Crippen molar-refractivity contribution >= 4 is 10.2 Å². The van der Waals surface area contributed by atoms with Gasteiger partial charge >= 0.3 is 0 Å². The number of nitrogens with zero attached hydrogens (tertiary/aromatic N) is 1. The topological polar surface area (TPSA) is 95.7 Å². The molecule has 0 aromatic carbocycles. The SMILES string of the molecule is CCO.NS(=O)(=O)N1CCNCC1. The number of aliphatic hydroxyl groups is 1. The van der Waals surface area contributed by atoms with Crippen LogP contribution in [0, 0.1) is 0 Å². The second kappa shape index (κ2) is 6.28. The average molecular weight is 211 g/mol. The summed E-state index contributed by atoms with van der Waals surface area (Å²) in [7, 11) is -3.43. The third-order valence-corrected chi connectivity index (χ3v) is 2.52. The quantitative estimate of drug-likeness (QED) is 0.472. The van der Waals surface area contributed by atoms with Gasteiger partial charge in [0.1, 0.15) is 0 Å². The number of hydrogen-bond acceptors (Lipinski definition) is 4. The maximum Gasteiger partial charge on any atom is 0.276 e. The molecule has 1 heterocycles. The maximum absolute atomic E-state index is 10.7. The fourth-order valence-corrected chi connectivity index (χ4v) is 1.59. The molecule has 0 aliphatic carbocycles. The van der Waals surface area contributed by atoms with Gasteiger partial charge in [0.05, 0.1) is 0 Å². The van der Waals surface area contributed by atoms with Crippen LogP contribution in [-0.4, -0.2) is 50.6 Å². The van der Waals surface area contributed by atoms with Crippen LogP contribution < -0.4 is 10.5 Å². The standard InChI is InChI=1S/C4H11N3O2S.C2H6O/c5-10(8,9)7-3-1-6-2-4-7;1-2-3/h6H,1-4H2,(H2,5,8,9);3H,2H2,1H3. The van der Waals surface area contributed by atoms with Gasteiger partial charge in [-0.2, -0.15) is 12.7 Å². The van der Waals surface area contributed by atoms with Crippen molar-refractivity contribution in [2.75, 3.05) is 32.8 Å². The van der Waals surface area contributed by atoms with Gasteiger partial charge in [0.15, 0.2) is 0 Å². The van der Waals surface area contributed by atoms with Crippen molar-refractivity contribution in [1.29, 1.82) is 0 Å². The molecule has 7 heteroatoms. The van der Waals surface area contributed by atoms with E-state index in [0.717, 1.165) is 0 Å². The second-order valence-corrected chi connectivity index (χ2v) is 4.06. The number of piperazine rings is 1. The number of aliphatic hydroxyl groups excluding tert-OH is 1. The zero-order valence-electron chi connectivity index (χ0n) is 7.73. The van der Waals surface area contributed by atoms with Crippen LogP contribution in [0.15, 0.2) is 0 Å². The Hall–Kier alpha value is -0.210. The van der Waals surface area contributed by atoms with E-state index in [1.807, 2.05) is 0 Å². The van der Waals surface area contributed by atoms with E-state index in [1.54, 1.807) is 6.92 Å². The van der Waals surface area contributed by atoms with Crippen molar-refractivity contribution in [3.8, 4) is 0 Å². The van der Waals surface area contributed by atoms with Crippen LogP contribution in [0.25, 0.3) is 0 Å². The summed E-state index contributed by atoms with van der Waals surface area (Å²) >= 11 is 0. The second-order valence-electron chi connectivity index (χ2n) is 2.51. The highest BCUT2D eigenvalue weighted by Gasteiger charge is 2.18. The van der Waals surface area contributed by atoms with Gasteiger partial charge in [-0.1, -0.05) is 0 Å². The molecule has 0 aromatic rings. The van der Waals surface area contributed by atoms with E-state index in [-0.39, 0.29) is 6.61 Å². The summed E-state index contributed by atoms with van der Waals surface area (Å²) in [6.45, 7) is 4.28. The lowest BCUT2D eigenvalue weighted by Crippen LogP contribution is -2.48. The Labute approximate surface area is 78.9 Å². The van der Waals surface area contributed by atoms with Gasteiger partial charge in [0.25, 0.3) is 10.2 Å². The van der Waals surface area contributed by atoms with Gasteiger partial charge < -0.3 is 10.4 Å². The Morgan fingerprint density at radius 1 is 1.46 bits per heavy atom. The molecule has 1 fully saturated rings. The summed E-state index contributed by atoms with van der Waals surface area (Å²) < 4.78 is 22.6. The lowest BCUT2D eigenvalue weighted by Gasteiger charge is -2.24. The zero-order chi connectivity index (χ0) is 10.3. The molecule has 0 spiro atoms. The molecule has 0 unspecified atom stereocenters. The smallest absolute Gasteiger partial charge is 0.276 e. The lowest BCUT2D eigenvalue weighted by atomic mass is 10.4. The van der Waals surface area contributed by atoms with Crippen LogP contribution in [0.4, 0.5) is 0 Å². The molecule has 6 nitrogen and oxygen atoms in total. The average Bonchev–Trinajstić information content (AvgIpc) is 2.06. The molecule has 0 saturated carbocycles. The van der Waals surface area contributed by atoms with Crippen LogP contribution in [0.1, 0.15) is 6.92 Å². The molecule has 1 aliphatic heterocycles.